The third kappa shape index (κ3) is 4.94. The summed E-state index contributed by atoms with van der Waals surface area (Å²) in [6, 6.07) is 2.17. The quantitative estimate of drug-likeness (QED) is 0.829. The summed E-state index contributed by atoms with van der Waals surface area (Å²) in [5.74, 6) is 0.804. The van der Waals surface area contributed by atoms with E-state index in [4.69, 9.17) is 10.5 Å². The summed E-state index contributed by atoms with van der Waals surface area (Å²) in [6.07, 6.45) is 8.65. The number of hydrogen-bond donors (Lipinski definition) is 1. The lowest BCUT2D eigenvalue weighted by molar-refractivity contribution is 0.241. The number of ether oxygens (including phenoxy) is 1. The lowest BCUT2D eigenvalue weighted by atomic mass is 10.2. The molecule has 0 radical (unpaired) electrons. The molecule has 1 atom stereocenters. The molecule has 0 aromatic carbocycles. The molecule has 0 bridgehead atoms. The molecule has 0 amide bonds. The minimum absolute atomic E-state index is 0.171. The van der Waals surface area contributed by atoms with E-state index in [0.717, 1.165) is 17.7 Å². The Kier molecular flexibility index (Phi) is 4.99. The van der Waals surface area contributed by atoms with E-state index in [-0.39, 0.29) is 12.1 Å². The van der Waals surface area contributed by atoms with Crippen molar-refractivity contribution in [1.29, 1.82) is 0 Å². The molecule has 1 aromatic heterocycles. The van der Waals surface area contributed by atoms with Gasteiger partial charge in [0, 0.05) is 12.2 Å². The molecular formula is C13H20N2O. The summed E-state index contributed by atoms with van der Waals surface area (Å²) in [5.41, 5.74) is 6.70. The lowest BCUT2D eigenvalue weighted by Crippen LogP contribution is -2.12. The third-order valence-corrected chi connectivity index (χ3v) is 1.92. The first-order valence-corrected chi connectivity index (χ1v) is 5.61. The van der Waals surface area contributed by atoms with Crippen molar-refractivity contribution in [2.24, 2.45) is 5.73 Å². The average Bonchev–Trinajstić information content (AvgIpc) is 2.16. The van der Waals surface area contributed by atoms with Gasteiger partial charge in [-0.1, -0.05) is 12.2 Å². The molecule has 0 aliphatic rings. The van der Waals surface area contributed by atoms with Crippen molar-refractivity contribution in [3.63, 3.8) is 0 Å². The fraction of sp³-hybridized carbons (Fsp3) is 0.462. The third-order valence-electron chi connectivity index (χ3n) is 1.92. The largest absolute Gasteiger partial charge is 0.489 e. The van der Waals surface area contributed by atoms with Crippen LogP contribution in [0.15, 0.2) is 24.5 Å². The number of pyridine rings is 1. The van der Waals surface area contributed by atoms with Crippen LogP contribution in [0.25, 0.3) is 6.08 Å². The monoisotopic (exact) mass is 220 g/mol. The van der Waals surface area contributed by atoms with Crippen LogP contribution in [0.4, 0.5) is 0 Å². The van der Waals surface area contributed by atoms with E-state index in [0.29, 0.717) is 0 Å². The first kappa shape index (κ1) is 12.7. The van der Waals surface area contributed by atoms with Gasteiger partial charge >= 0.3 is 0 Å². The molecule has 16 heavy (non-hydrogen) atoms. The molecule has 1 rings (SSSR count). The second-order valence-corrected chi connectivity index (χ2v) is 4.24. The SMILES string of the molecule is CC(C)Oc1cncc(/C=C/C[C@@H](C)N)c1. The second-order valence-electron chi connectivity index (χ2n) is 4.24. The Morgan fingerprint density at radius 1 is 1.38 bits per heavy atom. The van der Waals surface area contributed by atoms with Crippen molar-refractivity contribution in [3.8, 4) is 5.75 Å². The predicted molar refractivity (Wildman–Crippen MR) is 67.3 cm³/mol. The summed E-state index contributed by atoms with van der Waals surface area (Å²) in [7, 11) is 0. The Morgan fingerprint density at radius 2 is 2.12 bits per heavy atom. The Labute approximate surface area is 97.3 Å². The predicted octanol–water partition coefficient (Wildman–Crippen LogP) is 2.62. The van der Waals surface area contributed by atoms with Gasteiger partial charge in [-0.05, 0) is 38.8 Å². The number of nitrogens with two attached hydrogens (primary N) is 1. The highest BCUT2D eigenvalue weighted by Gasteiger charge is 1.98. The maximum atomic E-state index is 5.66. The molecule has 88 valence electrons. The first-order chi connectivity index (χ1) is 7.58. The Balaban J connectivity index is 2.63. The molecule has 3 nitrogen and oxygen atoms in total. The van der Waals surface area contributed by atoms with Crippen LogP contribution in [-0.4, -0.2) is 17.1 Å². The molecule has 0 aliphatic heterocycles. The Morgan fingerprint density at radius 3 is 2.75 bits per heavy atom. The molecule has 0 aliphatic carbocycles. The summed E-state index contributed by atoms with van der Waals surface area (Å²) >= 11 is 0. The normalized spacial score (nSPS) is 13.3. The van der Waals surface area contributed by atoms with Crippen LogP contribution >= 0.6 is 0 Å². The van der Waals surface area contributed by atoms with Gasteiger partial charge in [-0.25, -0.2) is 0 Å². The fourth-order valence-electron chi connectivity index (χ4n) is 1.28. The number of nitrogens with zero attached hydrogens (tertiary/aromatic N) is 1. The zero-order chi connectivity index (χ0) is 12.0. The molecule has 0 saturated heterocycles. The highest BCUT2D eigenvalue weighted by molar-refractivity contribution is 5.49. The maximum Gasteiger partial charge on any atom is 0.138 e. The van der Waals surface area contributed by atoms with E-state index in [9.17, 15) is 0 Å². The Bertz CT molecular complexity index is 346. The van der Waals surface area contributed by atoms with Crippen LogP contribution in [0.2, 0.25) is 0 Å². The van der Waals surface area contributed by atoms with Gasteiger partial charge in [0.05, 0.1) is 12.3 Å². The van der Waals surface area contributed by atoms with Gasteiger partial charge in [0.15, 0.2) is 0 Å². The molecule has 0 fully saturated rings. The molecule has 3 heteroatoms. The van der Waals surface area contributed by atoms with Crippen molar-refractivity contribution in [2.75, 3.05) is 0 Å². The number of hydrogen-bond acceptors (Lipinski definition) is 3. The summed E-state index contributed by atoms with van der Waals surface area (Å²) in [5, 5.41) is 0. The van der Waals surface area contributed by atoms with Crippen molar-refractivity contribution in [1.82, 2.24) is 4.98 Å². The van der Waals surface area contributed by atoms with Crippen molar-refractivity contribution >= 4 is 6.08 Å². The van der Waals surface area contributed by atoms with E-state index in [1.54, 1.807) is 6.20 Å². The zero-order valence-electron chi connectivity index (χ0n) is 10.2. The molecular weight excluding hydrogens is 200 g/mol. The number of rotatable bonds is 5. The van der Waals surface area contributed by atoms with E-state index in [1.165, 1.54) is 0 Å². The van der Waals surface area contributed by atoms with Gasteiger partial charge in [0.25, 0.3) is 0 Å². The molecule has 1 heterocycles. The van der Waals surface area contributed by atoms with E-state index < -0.39 is 0 Å². The van der Waals surface area contributed by atoms with Crippen LogP contribution in [0.3, 0.4) is 0 Å². The molecule has 0 saturated carbocycles. The highest BCUT2D eigenvalue weighted by atomic mass is 16.5. The summed E-state index contributed by atoms with van der Waals surface area (Å²) < 4.78 is 5.56. The molecule has 0 unspecified atom stereocenters. The van der Waals surface area contributed by atoms with Crippen LogP contribution < -0.4 is 10.5 Å². The minimum Gasteiger partial charge on any atom is -0.489 e. The molecule has 0 spiro atoms. The smallest absolute Gasteiger partial charge is 0.138 e. The van der Waals surface area contributed by atoms with E-state index in [1.807, 2.05) is 39.1 Å². The zero-order valence-corrected chi connectivity index (χ0v) is 10.2. The average molecular weight is 220 g/mol. The minimum atomic E-state index is 0.171. The fourth-order valence-corrected chi connectivity index (χ4v) is 1.28. The Hall–Kier alpha value is -1.35. The topological polar surface area (TPSA) is 48.1 Å². The van der Waals surface area contributed by atoms with Gasteiger partial charge in [-0.15, -0.1) is 0 Å². The van der Waals surface area contributed by atoms with E-state index in [2.05, 4.69) is 11.1 Å². The number of aromatic nitrogens is 1. The first-order valence-electron chi connectivity index (χ1n) is 5.61. The summed E-state index contributed by atoms with van der Waals surface area (Å²) in [6.45, 7) is 5.98. The van der Waals surface area contributed by atoms with Gasteiger partial charge < -0.3 is 10.5 Å². The van der Waals surface area contributed by atoms with Gasteiger partial charge in [-0.2, -0.15) is 0 Å². The molecule has 2 N–H and O–H groups in total. The van der Waals surface area contributed by atoms with Crippen molar-refractivity contribution in [3.05, 3.63) is 30.1 Å². The van der Waals surface area contributed by atoms with Crippen LogP contribution in [-0.2, 0) is 0 Å². The van der Waals surface area contributed by atoms with Crippen LogP contribution in [0, 0.1) is 0 Å². The van der Waals surface area contributed by atoms with Gasteiger partial charge in [-0.3, -0.25) is 4.98 Å². The van der Waals surface area contributed by atoms with Crippen LogP contribution in [0.5, 0.6) is 5.75 Å². The summed E-state index contributed by atoms with van der Waals surface area (Å²) in [4.78, 5) is 4.13. The molecule has 1 aromatic rings. The lowest BCUT2D eigenvalue weighted by Gasteiger charge is -2.09. The second kappa shape index (κ2) is 6.28. The van der Waals surface area contributed by atoms with Gasteiger partial charge in [0.1, 0.15) is 5.75 Å². The van der Waals surface area contributed by atoms with Gasteiger partial charge in [0.2, 0.25) is 0 Å². The van der Waals surface area contributed by atoms with Crippen LogP contribution in [0.1, 0.15) is 32.8 Å². The van der Waals surface area contributed by atoms with Crippen molar-refractivity contribution in [2.45, 2.75) is 39.3 Å². The standard InChI is InChI=1S/C13H20N2O/c1-10(2)16-13-7-12(8-15-9-13)6-4-5-11(3)14/h4,6-11H,5,14H2,1-3H3/b6-4+/t11-/m1/s1. The maximum absolute atomic E-state index is 5.66. The van der Waals surface area contributed by atoms with Crippen molar-refractivity contribution < 1.29 is 4.74 Å². The van der Waals surface area contributed by atoms with E-state index >= 15 is 0 Å². The highest BCUT2D eigenvalue weighted by Crippen LogP contribution is 2.14.